The monoisotopic (exact) mass is 474 g/mol. The average Bonchev–Trinajstić information content (AvgIpc) is 2.75. The number of methoxy groups -OCH3 is 1. The SMILES string of the molecule is COc1ccc(NC(=O)/C=C(/C)c2ccccc2F)cc1S(=O)(=O)Nc1ccccc1Cl. The molecule has 0 unspecified atom stereocenters. The largest absolute Gasteiger partial charge is 0.495 e. The van der Waals surface area contributed by atoms with Gasteiger partial charge in [0.05, 0.1) is 17.8 Å². The highest BCUT2D eigenvalue weighted by molar-refractivity contribution is 7.92. The molecule has 1 amide bonds. The Labute approximate surface area is 190 Å². The topological polar surface area (TPSA) is 84.5 Å². The van der Waals surface area contributed by atoms with Gasteiger partial charge in [-0.25, -0.2) is 12.8 Å². The van der Waals surface area contributed by atoms with Crippen molar-refractivity contribution in [2.75, 3.05) is 17.1 Å². The lowest BCUT2D eigenvalue weighted by atomic mass is 10.1. The first-order valence-corrected chi connectivity index (χ1v) is 11.3. The Balaban J connectivity index is 1.87. The van der Waals surface area contributed by atoms with Gasteiger partial charge in [-0.15, -0.1) is 0 Å². The van der Waals surface area contributed by atoms with E-state index in [1.165, 1.54) is 43.5 Å². The number of carbonyl (C=O) groups is 1. The smallest absolute Gasteiger partial charge is 0.265 e. The minimum absolute atomic E-state index is 0.0839. The Morgan fingerprint density at radius 3 is 2.44 bits per heavy atom. The number of ether oxygens (including phenoxy) is 1. The maximum atomic E-state index is 13.9. The summed E-state index contributed by atoms with van der Waals surface area (Å²) >= 11 is 6.05. The van der Waals surface area contributed by atoms with Gasteiger partial charge in [0.2, 0.25) is 5.91 Å². The van der Waals surface area contributed by atoms with E-state index in [-0.39, 0.29) is 27.0 Å². The minimum Gasteiger partial charge on any atom is -0.495 e. The van der Waals surface area contributed by atoms with E-state index in [2.05, 4.69) is 10.0 Å². The summed E-state index contributed by atoms with van der Waals surface area (Å²) in [6.45, 7) is 1.61. The molecule has 3 aromatic rings. The first-order valence-electron chi connectivity index (χ1n) is 9.41. The van der Waals surface area contributed by atoms with Gasteiger partial charge < -0.3 is 10.1 Å². The predicted octanol–water partition coefficient (Wildman–Crippen LogP) is 5.33. The third kappa shape index (κ3) is 5.46. The van der Waals surface area contributed by atoms with Crippen LogP contribution in [-0.4, -0.2) is 21.4 Å². The van der Waals surface area contributed by atoms with Crippen molar-refractivity contribution in [2.24, 2.45) is 0 Å². The van der Waals surface area contributed by atoms with Crippen molar-refractivity contribution >= 4 is 44.5 Å². The molecule has 3 aromatic carbocycles. The van der Waals surface area contributed by atoms with Crippen LogP contribution in [0.15, 0.2) is 77.7 Å². The number of rotatable bonds is 7. The molecule has 6 nitrogen and oxygen atoms in total. The van der Waals surface area contributed by atoms with Gasteiger partial charge in [0.1, 0.15) is 16.5 Å². The Hall–Kier alpha value is -3.36. The number of hydrogen-bond donors (Lipinski definition) is 2. The Morgan fingerprint density at radius 2 is 1.75 bits per heavy atom. The molecule has 166 valence electrons. The van der Waals surface area contributed by atoms with Gasteiger partial charge in [0, 0.05) is 17.3 Å². The van der Waals surface area contributed by atoms with E-state index in [0.29, 0.717) is 11.1 Å². The van der Waals surface area contributed by atoms with Crippen molar-refractivity contribution in [3.05, 3.63) is 89.2 Å². The Kier molecular flexibility index (Phi) is 7.17. The number of benzene rings is 3. The third-order valence-electron chi connectivity index (χ3n) is 4.49. The van der Waals surface area contributed by atoms with Gasteiger partial charge in [-0.2, -0.15) is 0 Å². The molecule has 0 aromatic heterocycles. The Bertz CT molecular complexity index is 1290. The van der Waals surface area contributed by atoms with Crippen molar-refractivity contribution in [1.82, 2.24) is 0 Å². The molecule has 0 spiro atoms. The lowest BCUT2D eigenvalue weighted by Crippen LogP contribution is -2.15. The second-order valence-corrected chi connectivity index (χ2v) is 8.81. The lowest BCUT2D eigenvalue weighted by molar-refractivity contribution is -0.111. The number of amides is 1. The number of nitrogens with one attached hydrogen (secondary N) is 2. The predicted molar refractivity (Wildman–Crippen MR) is 124 cm³/mol. The zero-order chi connectivity index (χ0) is 23.3. The van der Waals surface area contributed by atoms with Gasteiger partial charge in [-0.1, -0.05) is 41.9 Å². The maximum absolute atomic E-state index is 13.9. The van der Waals surface area contributed by atoms with Crippen molar-refractivity contribution in [3.63, 3.8) is 0 Å². The van der Waals surface area contributed by atoms with Crippen LogP contribution in [0, 0.1) is 5.82 Å². The number of halogens is 2. The van der Waals surface area contributed by atoms with Crippen LogP contribution in [0.1, 0.15) is 12.5 Å². The van der Waals surface area contributed by atoms with Crippen molar-refractivity contribution in [1.29, 1.82) is 0 Å². The summed E-state index contributed by atoms with van der Waals surface area (Å²) < 4.78 is 47.4. The highest BCUT2D eigenvalue weighted by Crippen LogP contribution is 2.31. The van der Waals surface area contributed by atoms with E-state index >= 15 is 0 Å². The fourth-order valence-electron chi connectivity index (χ4n) is 2.94. The van der Waals surface area contributed by atoms with Crippen LogP contribution in [0.25, 0.3) is 5.57 Å². The summed E-state index contributed by atoms with van der Waals surface area (Å²) in [6, 6.07) is 16.7. The number of para-hydroxylation sites is 1. The minimum atomic E-state index is -4.08. The zero-order valence-corrected chi connectivity index (χ0v) is 18.8. The Morgan fingerprint density at radius 1 is 1.06 bits per heavy atom. The van der Waals surface area contributed by atoms with Crippen LogP contribution in [0.5, 0.6) is 5.75 Å². The van der Waals surface area contributed by atoms with Crippen molar-refractivity contribution in [3.8, 4) is 5.75 Å². The average molecular weight is 475 g/mol. The molecule has 9 heteroatoms. The van der Waals surface area contributed by atoms with Gasteiger partial charge in [-0.3, -0.25) is 9.52 Å². The van der Waals surface area contributed by atoms with E-state index in [1.807, 2.05) is 0 Å². The van der Waals surface area contributed by atoms with Crippen molar-refractivity contribution < 1.29 is 22.3 Å². The fraction of sp³-hybridized carbons (Fsp3) is 0.0870. The van der Waals surface area contributed by atoms with Crippen LogP contribution in [0.3, 0.4) is 0 Å². The molecule has 0 heterocycles. The van der Waals surface area contributed by atoms with Crippen LogP contribution in [0.2, 0.25) is 5.02 Å². The van der Waals surface area contributed by atoms with E-state index in [4.69, 9.17) is 16.3 Å². The highest BCUT2D eigenvalue weighted by atomic mass is 35.5. The summed E-state index contributed by atoms with van der Waals surface area (Å²) in [7, 11) is -2.75. The summed E-state index contributed by atoms with van der Waals surface area (Å²) in [5.74, 6) is -0.906. The number of anilines is 2. The van der Waals surface area contributed by atoms with Crippen LogP contribution >= 0.6 is 11.6 Å². The molecular formula is C23H20ClFN2O4S. The van der Waals surface area contributed by atoms with Crippen LogP contribution in [0.4, 0.5) is 15.8 Å². The second kappa shape index (κ2) is 9.84. The maximum Gasteiger partial charge on any atom is 0.265 e. The van der Waals surface area contributed by atoms with E-state index in [9.17, 15) is 17.6 Å². The van der Waals surface area contributed by atoms with Crippen LogP contribution < -0.4 is 14.8 Å². The standard InChI is InChI=1S/C23H20ClFN2O4S/c1-15(17-7-3-5-9-19(17)25)13-23(28)26-16-11-12-21(31-2)22(14-16)32(29,30)27-20-10-6-4-8-18(20)24/h3-14,27H,1-2H3,(H,26,28)/b15-13-. The fourth-order valence-corrected chi connectivity index (χ4v) is 4.46. The number of sulfonamides is 1. The molecule has 0 atom stereocenters. The molecule has 32 heavy (non-hydrogen) atoms. The molecule has 0 fully saturated rings. The normalized spacial score (nSPS) is 11.7. The zero-order valence-electron chi connectivity index (χ0n) is 17.2. The highest BCUT2D eigenvalue weighted by Gasteiger charge is 2.21. The summed E-state index contributed by atoms with van der Waals surface area (Å²) in [6.07, 6.45) is 1.23. The lowest BCUT2D eigenvalue weighted by Gasteiger charge is -2.14. The molecule has 0 saturated carbocycles. The summed E-state index contributed by atoms with van der Waals surface area (Å²) in [4.78, 5) is 12.2. The molecule has 0 bridgehead atoms. The van der Waals surface area contributed by atoms with Gasteiger partial charge >= 0.3 is 0 Å². The number of allylic oxidation sites excluding steroid dienone is 1. The van der Waals surface area contributed by atoms with Gasteiger partial charge in [0.25, 0.3) is 10.0 Å². The number of carbonyl (C=O) groups excluding carboxylic acids is 1. The quantitative estimate of drug-likeness (QED) is 0.453. The molecule has 3 rings (SSSR count). The molecule has 0 saturated heterocycles. The second-order valence-electron chi connectivity index (χ2n) is 6.75. The van der Waals surface area contributed by atoms with Gasteiger partial charge in [-0.05, 0) is 48.9 Å². The first kappa shape index (κ1) is 23.3. The third-order valence-corrected chi connectivity index (χ3v) is 6.20. The van der Waals surface area contributed by atoms with Gasteiger partial charge in [0.15, 0.2) is 0 Å². The molecule has 0 radical (unpaired) electrons. The van der Waals surface area contributed by atoms with E-state index < -0.39 is 21.7 Å². The number of hydrogen-bond acceptors (Lipinski definition) is 4. The first-order chi connectivity index (χ1) is 15.2. The molecule has 0 aliphatic heterocycles. The molecular weight excluding hydrogens is 455 g/mol. The molecule has 0 aliphatic carbocycles. The summed E-state index contributed by atoms with van der Waals surface area (Å²) in [5.41, 5.74) is 1.13. The van der Waals surface area contributed by atoms with E-state index in [0.717, 1.165) is 0 Å². The molecule has 0 aliphatic rings. The van der Waals surface area contributed by atoms with E-state index in [1.54, 1.807) is 43.3 Å². The van der Waals surface area contributed by atoms with Crippen molar-refractivity contribution in [2.45, 2.75) is 11.8 Å². The van der Waals surface area contributed by atoms with Crippen LogP contribution in [-0.2, 0) is 14.8 Å². The summed E-state index contributed by atoms with van der Waals surface area (Å²) in [5, 5.41) is 2.82. The molecule has 2 N–H and O–H groups in total.